The van der Waals surface area contributed by atoms with E-state index in [1.807, 2.05) is 30.9 Å². The molecule has 2 N–H and O–H groups in total. The first-order valence-electron chi connectivity index (χ1n) is 7.81. The quantitative estimate of drug-likeness (QED) is 0.896. The Morgan fingerprint density at radius 1 is 1.29 bits per heavy atom. The summed E-state index contributed by atoms with van der Waals surface area (Å²) in [5.74, 6) is 0.647. The summed E-state index contributed by atoms with van der Waals surface area (Å²) < 4.78 is 0. The highest BCUT2D eigenvalue weighted by Crippen LogP contribution is 2.21. The third-order valence-corrected chi connectivity index (χ3v) is 4.16. The average Bonchev–Trinajstić information content (AvgIpc) is 2.47. The predicted octanol–water partition coefficient (Wildman–Crippen LogP) is 2.69. The second-order valence-corrected chi connectivity index (χ2v) is 6.24. The van der Waals surface area contributed by atoms with Crippen LogP contribution in [0.4, 0.5) is 0 Å². The molecule has 1 saturated heterocycles. The molecule has 1 amide bonds. The van der Waals surface area contributed by atoms with Gasteiger partial charge in [-0.15, -0.1) is 0 Å². The first-order chi connectivity index (χ1) is 9.97. The number of phenols is 1. The summed E-state index contributed by atoms with van der Waals surface area (Å²) in [4.78, 5) is 13.9. The van der Waals surface area contributed by atoms with Gasteiger partial charge in [0.15, 0.2) is 0 Å². The number of hydrogen-bond donors (Lipinski definition) is 2. The van der Waals surface area contributed by atoms with E-state index in [0.717, 1.165) is 31.5 Å². The highest BCUT2D eigenvalue weighted by atomic mass is 16.3. The molecule has 1 fully saturated rings. The van der Waals surface area contributed by atoms with Gasteiger partial charge >= 0.3 is 0 Å². The molecule has 0 spiro atoms. The lowest BCUT2D eigenvalue weighted by Crippen LogP contribution is -2.46. The second-order valence-electron chi connectivity index (χ2n) is 6.24. The number of benzene rings is 1. The molecular formula is C17H26N2O2. The minimum Gasteiger partial charge on any atom is -0.508 e. The lowest BCUT2D eigenvalue weighted by atomic mass is 10.0. The molecule has 1 aromatic rings. The van der Waals surface area contributed by atoms with Gasteiger partial charge in [0.1, 0.15) is 5.75 Å². The minimum absolute atomic E-state index is 0.0840. The summed E-state index contributed by atoms with van der Waals surface area (Å²) in [6, 6.07) is 8.01. The van der Waals surface area contributed by atoms with E-state index in [2.05, 4.69) is 12.2 Å². The summed E-state index contributed by atoms with van der Waals surface area (Å²) in [5, 5.41) is 13.1. The Labute approximate surface area is 127 Å². The Bertz CT molecular complexity index is 479. The van der Waals surface area contributed by atoms with Crippen LogP contribution in [0.1, 0.15) is 45.2 Å². The maximum absolute atomic E-state index is 12.0. The van der Waals surface area contributed by atoms with Crippen LogP contribution in [0.5, 0.6) is 5.75 Å². The molecule has 1 aliphatic rings. The number of rotatable bonds is 4. The number of hydrogen-bond acceptors (Lipinski definition) is 3. The Morgan fingerprint density at radius 3 is 2.52 bits per heavy atom. The molecule has 116 valence electrons. The van der Waals surface area contributed by atoms with Crippen LogP contribution in [0.3, 0.4) is 0 Å². The van der Waals surface area contributed by atoms with Crippen molar-refractivity contribution in [3.05, 3.63) is 29.8 Å². The molecule has 0 aliphatic carbocycles. The number of aromatic hydroxyl groups is 1. The fourth-order valence-electron chi connectivity index (χ4n) is 2.88. The van der Waals surface area contributed by atoms with E-state index in [9.17, 15) is 9.90 Å². The van der Waals surface area contributed by atoms with Crippen molar-refractivity contribution < 1.29 is 9.90 Å². The van der Waals surface area contributed by atoms with Gasteiger partial charge in [-0.2, -0.15) is 0 Å². The number of nitrogens with one attached hydrogen (secondary N) is 1. The third-order valence-electron chi connectivity index (χ3n) is 4.16. The van der Waals surface area contributed by atoms with Crippen LogP contribution in [0.15, 0.2) is 24.3 Å². The Morgan fingerprint density at radius 2 is 1.95 bits per heavy atom. The average molecular weight is 290 g/mol. The highest BCUT2D eigenvalue weighted by Gasteiger charge is 2.25. The molecule has 0 aromatic heterocycles. The van der Waals surface area contributed by atoms with Crippen molar-refractivity contribution in [2.45, 2.75) is 45.7 Å². The summed E-state index contributed by atoms with van der Waals surface area (Å²) in [5.41, 5.74) is 1.09. The number of likely N-dealkylation sites (tertiary alicyclic amines) is 1. The number of carbonyl (C=O) groups excluding carboxylic acids is 1. The van der Waals surface area contributed by atoms with Crippen LogP contribution < -0.4 is 5.32 Å². The first kappa shape index (κ1) is 15.8. The van der Waals surface area contributed by atoms with Crippen LogP contribution >= 0.6 is 0 Å². The standard InChI is InChI=1S/C17H26N2O2/c1-12(2)17(21)19-9-7-15(8-10-19)18-13(3)14-5-4-6-16(20)11-14/h4-6,11-13,15,18,20H,7-10H2,1-3H3. The maximum Gasteiger partial charge on any atom is 0.225 e. The Kier molecular flexibility index (Phi) is 5.23. The molecule has 4 heteroatoms. The monoisotopic (exact) mass is 290 g/mol. The molecule has 1 atom stereocenters. The molecule has 1 aliphatic heterocycles. The first-order valence-corrected chi connectivity index (χ1v) is 7.81. The third kappa shape index (κ3) is 4.21. The Balaban J connectivity index is 1.85. The number of carbonyl (C=O) groups is 1. The minimum atomic E-state index is 0.0840. The largest absolute Gasteiger partial charge is 0.508 e. The topological polar surface area (TPSA) is 52.6 Å². The van der Waals surface area contributed by atoms with Gasteiger partial charge in [0.2, 0.25) is 5.91 Å². The van der Waals surface area contributed by atoms with Gasteiger partial charge in [-0.25, -0.2) is 0 Å². The molecule has 1 heterocycles. The van der Waals surface area contributed by atoms with Crippen molar-refractivity contribution in [3.8, 4) is 5.75 Å². The number of amides is 1. The van der Waals surface area contributed by atoms with E-state index < -0.39 is 0 Å². The van der Waals surface area contributed by atoms with Gasteiger partial charge < -0.3 is 15.3 Å². The molecule has 2 rings (SSSR count). The van der Waals surface area contributed by atoms with Crippen molar-refractivity contribution in [2.24, 2.45) is 5.92 Å². The fraction of sp³-hybridized carbons (Fsp3) is 0.588. The normalized spacial score (nSPS) is 18.0. The fourth-order valence-corrected chi connectivity index (χ4v) is 2.88. The van der Waals surface area contributed by atoms with E-state index in [1.54, 1.807) is 12.1 Å². The number of phenolic OH excluding ortho intramolecular Hbond substituents is 1. The van der Waals surface area contributed by atoms with Gasteiger partial charge in [-0.3, -0.25) is 4.79 Å². The van der Waals surface area contributed by atoms with Gasteiger partial charge in [0.25, 0.3) is 0 Å². The highest BCUT2D eigenvalue weighted by molar-refractivity contribution is 5.78. The van der Waals surface area contributed by atoms with E-state index >= 15 is 0 Å². The van der Waals surface area contributed by atoms with Crippen molar-refractivity contribution in [1.29, 1.82) is 0 Å². The zero-order chi connectivity index (χ0) is 15.4. The van der Waals surface area contributed by atoms with Crippen LogP contribution in [-0.2, 0) is 4.79 Å². The molecule has 0 bridgehead atoms. The van der Waals surface area contributed by atoms with Crippen LogP contribution in [-0.4, -0.2) is 35.0 Å². The molecule has 4 nitrogen and oxygen atoms in total. The van der Waals surface area contributed by atoms with Gasteiger partial charge in [0, 0.05) is 31.1 Å². The van der Waals surface area contributed by atoms with Crippen molar-refractivity contribution >= 4 is 5.91 Å². The summed E-state index contributed by atoms with van der Waals surface area (Å²) >= 11 is 0. The van der Waals surface area contributed by atoms with Gasteiger partial charge in [-0.05, 0) is 37.5 Å². The van der Waals surface area contributed by atoms with Crippen LogP contribution in [0.2, 0.25) is 0 Å². The summed E-state index contributed by atoms with van der Waals surface area (Å²) in [6.07, 6.45) is 1.98. The van der Waals surface area contributed by atoms with Gasteiger partial charge in [-0.1, -0.05) is 26.0 Å². The number of nitrogens with zero attached hydrogens (tertiary/aromatic N) is 1. The van der Waals surface area contributed by atoms with Crippen LogP contribution in [0, 0.1) is 5.92 Å². The smallest absolute Gasteiger partial charge is 0.225 e. The molecular weight excluding hydrogens is 264 g/mol. The van der Waals surface area contributed by atoms with Crippen molar-refractivity contribution in [2.75, 3.05) is 13.1 Å². The zero-order valence-corrected chi connectivity index (χ0v) is 13.2. The molecule has 21 heavy (non-hydrogen) atoms. The SMILES string of the molecule is CC(C)C(=O)N1CCC(NC(C)c2cccc(O)c2)CC1. The van der Waals surface area contributed by atoms with Crippen molar-refractivity contribution in [1.82, 2.24) is 10.2 Å². The molecule has 0 radical (unpaired) electrons. The summed E-state index contributed by atoms with van der Waals surface area (Å²) in [7, 11) is 0. The Hall–Kier alpha value is -1.55. The second kappa shape index (κ2) is 6.94. The van der Waals surface area contributed by atoms with E-state index in [4.69, 9.17) is 0 Å². The zero-order valence-electron chi connectivity index (χ0n) is 13.2. The van der Waals surface area contributed by atoms with E-state index in [-0.39, 0.29) is 17.9 Å². The van der Waals surface area contributed by atoms with Gasteiger partial charge in [0.05, 0.1) is 0 Å². The van der Waals surface area contributed by atoms with E-state index in [0.29, 0.717) is 11.8 Å². The number of piperidine rings is 1. The predicted molar refractivity (Wildman–Crippen MR) is 84.1 cm³/mol. The van der Waals surface area contributed by atoms with Crippen LogP contribution in [0.25, 0.3) is 0 Å². The molecule has 0 saturated carbocycles. The maximum atomic E-state index is 12.0. The van der Waals surface area contributed by atoms with E-state index in [1.165, 1.54) is 0 Å². The van der Waals surface area contributed by atoms with Crippen molar-refractivity contribution in [3.63, 3.8) is 0 Å². The molecule has 1 unspecified atom stereocenters. The molecule has 1 aromatic carbocycles. The summed E-state index contributed by atoms with van der Waals surface area (Å²) in [6.45, 7) is 7.69. The lowest BCUT2D eigenvalue weighted by molar-refractivity contribution is -0.135. The lowest BCUT2D eigenvalue weighted by Gasteiger charge is -2.35.